The number of carbonyl (C=O) groups excluding carboxylic acids is 1. The largest absolute Gasteiger partial charge is 0.466 e. The molecule has 0 radical (unpaired) electrons. The Bertz CT molecular complexity index is 479. The van der Waals surface area contributed by atoms with Gasteiger partial charge in [0.1, 0.15) is 0 Å². The Hall–Kier alpha value is -1.77. The molecule has 0 spiro atoms. The van der Waals surface area contributed by atoms with Crippen LogP contribution in [0.1, 0.15) is 50.6 Å². The summed E-state index contributed by atoms with van der Waals surface area (Å²) in [5.74, 6) is -0.185. The monoisotopic (exact) mass is 273 g/mol. The van der Waals surface area contributed by atoms with E-state index in [0.29, 0.717) is 0 Å². The van der Waals surface area contributed by atoms with Crippen molar-refractivity contribution < 1.29 is 9.53 Å². The van der Waals surface area contributed by atoms with E-state index in [-0.39, 0.29) is 12.0 Å². The average molecular weight is 273 g/mol. The maximum Gasteiger partial charge on any atom is 0.335 e. The van der Waals surface area contributed by atoms with Crippen LogP contribution < -0.4 is 5.32 Å². The predicted molar refractivity (Wildman–Crippen MR) is 80.1 cm³/mol. The van der Waals surface area contributed by atoms with Gasteiger partial charge in [0.05, 0.1) is 12.7 Å². The van der Waals surface area contributed by atoms with Crippen LogP contribution in [-0.2, 0) is 9.53 Å². The van der Waals surface area contributed by atoms with Crippen molar-refractivity contribution in [2.24, 2.45) is 0 Å². The lowest BCUT2D eigenvalue weighted by molar-refractivity contribution is -0.136. The van der Waals surface area contributed by atoms with Gasteiger partial charge >= 0.3 is 5.97 Å². The number of hydrogen-bond acceptors (Lipinski definition) is 3. The molecule has 1 N–H and O–H groups in total. The fourth-order valence-electron chi connectivity index (χ4n) is 2.68. The van der Waals surface area contributed by atoms with Crippen LogP contribution in [0, 0.1) is 0 Å². The summed E-state index contributed by atoms with van der Waals surface area (Å²) in [7, 11) is 1.46. The molecule has 3 heteroatoms. The van der Waals surface area contributed by atoms with Gasteiger partial charge < -0.3 is 10.1 Å². The maximum atomic E-state index is 11.9. The summed E-state index contributed by atoms with van der Waals surface area (Å²) in [6.45, 7) is 2.13. The highest BCUT2D eigenvalue weighted by Crippen LogP contribution is 2.25. The molecule has 0 saturated carbocycles. The molecule has 1 aliphatic carbocycles. The van der Waals surface area contributed by atoms with Crippen molar-refractivity contribution >= 4 is 5.97 Å². The highest BCUT2D eigenvalue weighted by molar-refractivity contribution is 5.89. The number of esters is 1. The molecule has 0 fully saturated rings. The van der Waals surface area contributed by atoms with Crippen molar-refractivity contribution in [1.82, 2.24) is 5.32 Å². The number of allylic oxidation sites excluding steroid dienone is 1. The molecule has 2 rings (SSSR count). The van der Waals surface area contributed by atoms with E-state index >= 15 is 0 Å². The molecule has 0 heterocycles. The third-order valence-electron chi connectivity index (χ3n) is 3.84. The molecule has 0 aliphatic heterocycles. The van der Waals surface area contributed by atoms with Crippen LogP contribution in [0.5, 0.6) is 0 Å². The van der Waals surface area contributed by atoms with Gasteiger partial charge in [0.2, 0.25) is 0 Å². The Kier molecular flexibility index (Phi) is 5.22. The highest BCUT2D eigenvalue weighted by atomic mass is 16.5. The number of hydrogen-bond donors (Lipinski definition) is 1. The molecule has 0 unspecified atom stereocenters. The SMILES string of the molecule is COC(=O)C1=C(N[C@@H](C)c2ccccc2)CCCCC1. The van der Waals surface area contributed by atoms with E-state index in [4.69, 9.17) is 4.74 Å². The minimum absolute atomic E-state index is 0.185. The Morgan fingerprint density at radius 2 is 1.85 bits per heavy atom. The summed E-state index contributed by atoms with van der Waals surface area (Å²) < 4.78 is 4.93. The van der Waals surface area contributed by atoms with E-state index < -0.39 is 0 Å². The van der Waals surface area contributed by atoms with Crippen molar-refractivity contribution in [2.45, 2.75) is 45.1 Å². The third-order valence-corrected chi connectivity index (χ3v) is 3.84. The zero-order chi connectivity index (χ0) is 14.4. The van der Waals surface area contributed by atoms with Gasteiger partial charge in [0, 0.05) is 11.7 Å². The molecule has 0 bridgehead atoms. The Labute approximate surface area is 121 Å². The van der Waals surface area contributed by atoms with Gasteiger partial charge in [-0.25, -0.2) is 4.79 Å². The Balaban J connectivity index is 2.18. The van der Waals surface area contributed by atoms with E-state index in [1.54, 1.807) is 0 Å². The number of methoxy groups -OCH3 is 1. The third kappa shape index (κ3) is 3.62. The van der Waals surface area contributed by atoms with Gasteiger partial charge in [0.25, 0.3) is 0 Å². The summed E-state index contributed by atoms with van der Waals surface area (Å²) in [5.41, 5.74) is 3.12. The molecule has 1 aliphatic rings. The summed E-state index contributed by atoms with van der Waals surface area (Å²) in [5, 5.41) is 3.52. The second kappa shape index (κ2) is 7.13. The molecule has 3 nitrogen and oxygen atoms in total. The van der Waals surface area contributed by atoms with Crippen LogP contribution >= 0.6 is 0 Å². The van der Waals surface area contributed by atoms with Gasteiger partial charge in [-0.05, 0) is 38.2 Å². The molecule has 1 aromatic carbocycles. The normalized spacial score (nSPS) is 17.3. The van der Waals surface area contributed by atoms with Gasteiger partial charge in [-0.3, -0.25) is 0 Å². The summed E-state index contributed by atoms with van der Waals surface area (Å²) in [6.07, 6.45) is 5.11. The van der Waals surface area contributed by atoms with E-state index in [1.165, 1.54) is 19.1 Å². The average Bonchev–Trinajstić information content (AvgIpc) is 2.73. The lowest BCUT2D eigenvalue weighted by Gasteiger charge is -2.20. The zero-order valence-corrected chi connectivity index (χ0v) is 12.3. The smallest absolute Gasteiger partial charge is 0.335 e. The Morgan fingerprint density at radius 3 is 2.55 bits per heavy atom. The second-order valence-electron chi connectivity index (χ2n) is 5.29. The van der Waals surface area contributed by atoms with E-state index in [0.717, 1.165) is 37.0 Å². The van der Waals surface area contributed by atoms with Gasteiger partial charge in [0.15, 0.2) is 0 Å². The molecule has 0 aromatic heterocycles. The quantitative estimate of drug-likeness (QED) is 0.849. The fourth-order valence-corrected chi connectivity index (χ4v) is 2.68. The number of ether oxygens (including phenoxy) is 1. The first-order valence-corrected chi connectivity index (χ1v) is 7.34. The van der Waals surface area contributed by atoms with Crippen molar-refractivity contribution in [3.8, 4) is 0 Å². The maximum absolute atomic E-state index is 11.9. The lowest BCUT2D eigenvalue weighted by Crippen LogP contribution is -2.22. The molecule has 1 atom stereocenters. The Morgan fingerprint density at radius 1 is 1.15 bits per heavy atom. The first-order chi connectivity index (χ1) is 9.72. The predicted octanol–water partition coefficient (Wildman–Crippen LogP) is 3.73. The summed E-state index contributed by atoms with van der Waals surface area (Å²) >= 11 is 0. The van der Waals surface area contributed by atoms with Crippen LogP contribution in [0.25, 0.3) is 0 Å². The van der Waals surface area contributed by atoms with E-state index in [2.05, 4.69) is 24.4 Å². The van der Waals surface area contributed by atoms with Crippen LogP contribution in [0.3, 0.4) is 0 Å². The summed E-state index contributed by atoms with van der Waals surface area (Å²) in [6, 6.07) is 10.5. The first kappa shape index (κ1) is 14.6. The molecular formula is C17H23NO2. The number of nitrogens with one attached hydrogen (secondary N) is 1. The first-order valence-electron chi connectivity index (χ1n) is 7.34. The fraction of sp³-hybridized carbons (Fsp3) is 0.471. The lowest BCUT2D eigenvalue weighted by atomic mass is 10.1. The van der Waals surface area contributed by atoms with Gasteiger partial charge in [-0.1, -0.05) is 36.8 Å². The van der Waals surface area contributed by atoms with Crippen molar-refractivity contribution in [1.29, 1.82) is 0 Å². The standard InChI is InChI=1S/C17H23NO2/c1-13(14-9-5-3-6-10-14)18-16-12-8-4-7-11-15(16)17(19)20-2/h3,5-6,9-10,13,18H,4,7-8,11-12H2,1-2H3/t13-/m0/s1. The minimum atomic E-state index is -0.185. The topological polar surface area (TPSA) is 38.3 Å². The molecule has 108 valence electrons. The highest BCUT2D eigenvalue weighted by Gasteiger charge is 2.19. The zero-order valence-electron chi connectivity index (χ0n) is 12.3. The van der Waals surface area contributed by atoms with E-state index in [1.807, 2.05) is 18.2 Å². The van der Waals surface area contributed by atoms with Gasteiger partial charge in [-0.2, -0.15) is 0 Å². The second-order valence-corrected chi connectivity index (χ2v) is 5.29. The minimum Gasteiger partial charge on any atom is -0.466 e. The van der Waals surface area contributed by atoms with E-state index in [9.17, 15) is 4.79 Å². The molecule has 0 saturated heterocycles. The van der Waals surface area contributed by atoms with Crippen molar-refractivity contribution in [3.63, 3.8) is 0 Å². The summed E-state index contributed by atoms with van der Waals surface area (Å²) in [4.78, 5) is 11.9. The molecular weight excluding hydrogens is 250 g/mol. The molecule has 20 heavy (non-hydrogen) atoms. The van der Waals surface area contributed by atoms with Crippen molar-refractivity contribution in [2.75, 3.05) is 7.11 Å². The molecule has 0 amide bonds. The van der Waals surface area contributed by atoms with Crippen LogP contribution in [0.4, 0.5) is 0 Å². The van der Waals surface area contributed by atoms with Crippen molar-refractivity contribution in [3.05, 3.63) is 47.2 Å². The van der Waals surface area contributed by atoms with Gasteiger partial charge in [-0.15, -0.1) is 0 Å². The molecule has 1 aromatic rings. The van der Waals surface area contributed by atoms with Crippen LogP contribution in [0.15, 0.2) is 41.6 Å². The van der Waals surface area contributed by atoms with Crippen LogP contribution in [-0.4, -0.2) is 13.1 Å². The number of carbonyl (C=O) groups is 1. The number of rotatable bonds is 4. The number of benzene rings is 1. The van der Waals surface area contributed by atoms with Crippen LogP contribution in [0.2, 0.25) is 0 Å².